The van der Waals surface area contributed by atoms with Crippen molar-refractivity contribution in [3.8, 4) is 39.8 Å². The quantitative estimate of drug-likeness (QED) is 0.0786. The molecule has 6 aromatic rings. The molecule has 316 valence electrons. The van der Waals surface area contributed by atoms with Crippen LogP contribution in [0.5, 0.6) is 5.75 Å². The van der Waals surface area contributed by atoms with Gasteiger partial charge >= 0.3 is 8.17 Å². The third kappa shape index (κ3) is 5.88. The molecule has 0 fully saturated rings. The summed E-state index contributed by atoms with van der Waals surface area (Å²) in [5, 5.41) is 21.3. The van der Waals surface area contributed by atoms with Crippen LogP contribution in [0.15, 0.2) is 63.4 Å². The number of carbonyl (C=O) groups excluding carboxylic acids is 2. The molecule has 4 atom stereocenters. The first-order valence-corrected chi connectivity index (χ1v) is 22.1. The lowest BCUT2D eigenvalue weighted by Gasteiger charge is -2.30. The minimum absolute atomic E-state index is 0.0307. The normalized spacial score (nSPS) is 21.0. The Bertz CT molecular complexity index is 2830. The number of rotatable bonds is 8. The number of oxazole rings is 2. The molecule has 7 N–H and O–H groups in total. The molecule has 0 saturated carbocycles. The van der Waals surface area contributed by atoms with Gasteiger partial charge in [0.2, 0.25) is 11.8 Å². The van der Waals surface area contributed by atoms with Crippen molar-refractivity contribution in [3.63, 3.8) is 0 Å². The summed E-state index contributed by atoms with van der Waals surface area (Å²) in [7, 11) is -4.68. The van der Waals surface area contributed by atoms with Crippen LogP contribution in [0.4, 0.5) is 5.69 Å². The highest BCUT2D eigenvalue weighted by Crippen LogP contribution is 2.62. The number of carbonyl (C=O) groups is 2. The molecule has 0 aliphatic carbocycles. The maximum absolute atomic E-state index is 14.4. The minimum atomic E-state index is -4.68. The largest absolute Gasteiger partial charge is 0.569 e. The molecule has 10 bridgehead atoms. The Kier molecular flexibility index (Phi) is 9.19. The summed E-state index contributed by atoms with van der Waals surface area (Å²) < 4.78 is 27.0. The molecule has 3 aromatic carbocycles. The molecule has 16 nitrogen and oxygen atoms in total. The fourth-order valence-corrected chi connectivity index (χ4v) is 10.0. The van der Waals surface area contributed by atoms with Crippen molar-refractivity contribution in [2.45, 2.75) is 83.0 Å². The molecule has 19 heteroatoms. The number of hydrogen-bond acceptors (Lipinski definition) is 13. The van der Waals surface area contributed by atoms with Gasteiger partial charge < -0.3 is 39.2 Å². The topological polar surface area (TPSA) is 227 Å². The second-order valence-electron chi connectivity index (χ2n) is 16.1. The first kappa shape index (κ1) is 40.1. The average Bonchev–Trinajstić information content (AvgIpc) is 4.02. The Labute approximate surface area is 358 Å². The van der Waals surface area contributed by atoms with Gasteiger partial charge in [-0.2, -0.15) is 19.7 Å². The number of aromatic nitrogens is 3. The molecule has 10 rings (SSSR count). The predicted molar refractivity (Wildman–Crippen MR) is 224 cm³/mol. The summed E-state index contributed by atoms with van der Waals surface area (Å²) in [6, 6.07) is 15.0. The molecule has 4 aliphatic heterocycles. The summed E-state index contributed by atoms with van der Waals surface area (Å²) in [5.41, 5.74) is 2.32. The van der Waals surface area contributed by atoms with Gasteiger partial charge in [-0.1, -0.05) is 93.4 Å². The molecular formula is C42H40Cl2N6O10P+. The lowest BCUT2D eigenvalue weighted by atomic mass is 9.72. The summed E-state index contributed by atoms with van der Waals surface area (Å²) in [5.74, 6) is -0.442. The number of halogens is 2. The van der Waals surface area contributed by atoms with Crippen LogP contribution in [0.2, 0.25) is 10.3 Å². The molecule has 3 aromatic heterocycles. The van der Waals surface area contributed by atoms with Crippen LogP contribution in [-0.4, -0.2) is 64.0 Å². The zero-order valence-corrected chi connectivity index (χ0v) is 35.5. The van der Waals surface area contributed by atoms with Gasteiger partial charge in [-0.05, 0) is 42.0 Å². The lowest BCUT2D eigenvalue weighted by Crippen LogP contribution is -2.55. The van der Waals surface area contributed by atoms with Gasteiger partial charge in [0.1, 0.15) is 34.0 Å². The molecule has 1 spiro atoms. The number of nitrogens with zero attached hydrogens (tertiary/aromatic N) is 3. The molecule has 7 heterocycles. The Balaban J connectivity index is 1.27. The summed E-state index contributed by atoms with van der Waals surface area (Å²) >= 11 is 14.2. The van der Waals surface area contributed by atoms with Crippen molar-refractivity contribution in [3.05, 3.63) is 93.2 Å². The summed E-state index contributed by atoms with van der Waals surface area (Å²) in [6.07, 6.45) is -0.426. The van der Waals surface area contributed by atoms with Crippen molar-refractivity contribution >= 4 is 59.8 Å². The molecule has 2 amide bonds. The Morgan fingerprint density at radius 3 is 2.54 bits per heavy atom. The van der Waals surface area contributed by atoms with Gasteiger partial charge in [0, 0.05) is 34.2 Å². The summed E-state index contributed by atoms with van der Waals surface area (Å²) in [4.78, 5) is 67.1. The van der Waals surface area contributed by atoms with Crippen molar-refractivity contribution in [2.75, 3.05) is 5.32 Å². The van der Waals surface area contributed by atoms with Crippen molar-refractivity contribution in [1.82, 2.24) is 25.2 Å². The second-order valence-corrected chi connectivity index (χ2v) is 18.1. The van der Waals surface area contributed by atoms with Gasteiger partial charge in [-0.15, -0.1) is 4.52 Å². The molecule has 0 radical (unpaired) electrons. The third-order valence-corrected chi connectivity index (χ3v) is 13.6. The van der Waals surface area contributed by atoms with E-state index in [1.165, 1.54) is 4.57 Å². The van der Waals surface area contributed by atoms with Crippen molar-refractivity contribution in [2.24, 2.45) is 5.92 Å². The van der Waals surface area contributed by atoms with E-state index in [0.717, 1.165) is 11.1 Å². The van der Waals surface area contributed by atoms with Gasteiger partial charge in [-0.3, -0.25) is 9.59 Å². The number of para-hydroxylation sites is 1. The third-order valence-electron chi connectivity index (χ3n) is 12.5. The smallest absolute Gasteiger partial charge is 0.469 e. The van der Waals surface area contributed by atoms with E-state index >= 15 is 0 Å². The fraction of sp³-hybridized carbons (Fsp3) is 0.333. The molecule has 0 saturated heterocycles. The van der Waals surface area contributed by atoms with Crippen LogP contribution in [0.25, 0.3) is 44.9 Å². The Morgan fingerprint density at radius 1 is 1.05 bits per heavy atom. The molecular weight excluding hydrogens is 850 g/mol. The number of amides is 2. The average molecular weight is 891 g/mol. The number of fused-ring (bicyclic) bond motifs is 7. The van der Waals surface area contributed by atoms with E-state index < -0.39 is 56.0 Å². The number of benzene rings is 3. The minimum Gasteiger partial charge on any atom is -0.469 e. The standard InChI is InChI=1S/C42H39Cl2N6O10P/c1-5-41(53,6-2)39(52)45-24-16-19-13-14-26-23(15-19)42-22-11-7-10-21(30(22)48-40(42)58-26)20-9-8-12-25-27(20)28(35(44)50(25)17-57-61(54,55)56)32-34(43)49-38(59-32)31-33(42)60-37(47-31)29(18(3)4)46-36(24)51/h7-15,18,24,29,40,48,53-56H,5-6,16-17H2,1-4H3,(H-,45,46,51,52)/p+1/t24-,29?,40?,42?/m0/s1. The Morgan fingerprint density at radius 2 is 1.80 bits per heavy atom. The second kappa shape index (κ2) is 14.0. The van der Waals surface area contributed by atoms with E-state index in [2.05, 4.69) is 16.0 Å². The SMILES string of the molecule is CCC(O)(CC)C(=O)N[C@H]1Cc2ccc3c(c2)C24c5cccc(c5NC2O3)-c2cccc3c2c(c(Cl)n3CO[P+](O)(O)O)-c2oc(nc2Cl)-c2nc(oc24)C(C(C)C)NC1=O. The number of nitrogens with one attached hydrogen (secondary N) is 3. The van der Waals surface area contributed by atoms with Crippen LogP contribution in [-0.2, 0) is 32.7 Å². The van der Waals surface area contributed by atoms with Gasteiger partial charge in [0.05, 0.1) is 11.1 Å². The lowest BCUT2D eigenvalue weighted by molar-refractivity contribution is -0.143. The number of anilines is 1. The van der Waals surface area contributed by atoms with Gasteiger partial charge in [0.25, 0.3) is 11.8 Å². The molecule has 4 aliphatic rings. The van der Waals surface area contributed by atoms with E-state index in [9.17, 15) is 29.4 Å². The van der Waals surface area contributed by atoms with E-state index in [1.807, 2.05) is 62.4 Å². The van der Waals surface area contributed by atoms with E-state index in [-0.39, 0.29) is 58.7 Å². The Hall–Kier alpha value is -5.03. The number of aliphatic hydroxyl groups is 1. The van der Waals surface area contributed by atoms with E-state index in [0.29, 0.717) is 50.4 Å². The highest BCUT2D eigenvalue weighted by Gasteiger charge is 2.62. The van der Waals surface area contributed by atoms with Crippen molar-refractivity contribution in [1.29, 1.82) is 0 Å². The van der Waals surface area contributed by atoms with Crippen LogP contribution >= 0.6 is 31.4 Å². The van der Waals surface area contributed by atoms with Crippen LogP contribution in [0.1, 0.15) is 74.9 Å². The van der Waals surface area contributed by atoms with E-state index in [4.69, 9.17) is 51.3 Å². The number of ether oxygens (including phenoxy) is 1. The monoisotopic (exact) mass is 889 g/mol. The van der Waals surface area contributed by atoms with Crippen LogP contribution in [0, 0.1) is 5.92 Å². The zero-order valence-electron chi connectivity index (χ0n) is 33.1. The van der Waals surface area contributed by atoms with Crippen LogP contribution in [0.3, 0.4) is 0 Å². The highest BCUT2D eigenvalue weighted by molar-refractivity contribution is 7.53. The van der Waals surface area contributed by atoms with Gasteiger partial charge in [0.15, 0.2) is 35.3 Å². The first-order valence-electron chi connectivity index (χ1n) is 19.8. The van der Waals surface area contributed by atoms with Crippen LogP contribution < -0.4 is 20.7 Å². The van der Waals surface area contributed by atoms with E-state index in [1.54, 1.807) is 19.9 Å². The first-order chi connectivity index (χ1) is 29.1. The number of hydrogen-bond donors (Lipinski definition) is 7. The molecule has 3 unspecified atom stereocenters. The van der Waals surface area contributed by atoms with Gasteiger partial charge in [-0.25, -0.2) is 4.98 Å². The summed E-state index contributed by atoms with van der Waals surface area (Å²) in [6.45, 7) is 6.69. The predicted octanol–water partition coefficient (Wildman–Crippen LogP) is 6.75. The highest BCUT2D eigenvalue weighted by atomic mass is 35.5. The fourth-order valence-electron chi connectivity index (χ4n) is 9.23. The zero-order chi connectivity index (χ0) is 42.9. The molecule has 61 heavy (non-hydrogen) atoms. The maximum Gasteiger partial charge on any atom is 0.569 e. The maximum atomic E-state index is 14.4. The van der Waals surface area contributed by atoms with Crippen molar-refractivity contribution < 1.29 is 47.5 Å².